The molecule has 0 spiro atoms. The van der Waals surface area contributed by atoms with Gasteiger partial charge in [0.15, 0.2) is 0 Å². The van der Waals surface area contributed by atoms with Crippen molar-refractivity contribution in [2.75, 3.05) is 18.4 Å². The van der Waals surface area contributed by atoms with Crippen LogP contribution >= 0.6 is 0 Å². The quantitative estimate of drug-likeness (QED) is 0.438. The summed E-state index contributed by atoms with van der Waals surface area (Å²) >= 11 is 0. The second-order valence-electron chi connectivity index (χ2n) is 10.9. The average molecular weight is 542 g/mol. The number of sulfone groups is 1. The van der Waals surface area contributed by atoms with Crippen molar-refractivity contribution in [1.82, 2.24) is 20.4 Å². The fraction of sp³-hybridized carbons (Fsp3) is 0.556. The number of nitrogens with one attached hydrogen (secondary N) is 3. The van der Waals surface area contributed by atoms with Gasteiger partial charge in [0.1, 0.15) is 11.6 Å². The molecule has 0 amide bonds. The average Bonchev–Trinajstić information content (AvgIpc) is 3.24. The molecule has 1 aromatic carbocycles. The minimum atomic E-state index is -3.60. The van der Waals surface area contributed by atoms with E-state index in [1.54, 1.807) is 39.4 Å². The Kier molecular flexibility index (Phi) is 7.04. The molecular formula is C27H39N7O3S. The number of anilines is 1. The van der Waals surface area contributed by atoms with Crippen molar-refractivity contribution >= 4 is 21.7 Å². The predicted octanol–water partition coefficient (Wildman–Crippen LogP) is 2.79. The first kappa shape index (κ1) is 26.7. The molecule has 10 nitrogen and oxygen atoms in total. The fourth-order valence-corrected chi connectivity index (χ4v) is 6.79. The zero-order valence-corrected chi connectivity index (χ0v) is 23.7. The molecule has 2 unspecified atom stereocenters. The van der Waals surface area contributed by atoms with E-state index >= 15 is 0 Å². The van der Waals surface area contributed by atoms with Crippen LogP contribution in [0.4, 0.5) is 5.69 Å². The Bertz CT molecular complexity index is 1390. The molecule has 2 aromatic rings. The van der Waals surface area contributed by atoms with Crippen molar-refractivity contribution in [3.63, 3.8) is 0 Å². The monoisotopic (exact) mass is 541 g/mol. The first-order valence-electron chi connectivity index (χ1n) is 13.4. The van der Waals surface area contributed by atoms with E-state index in [2.05, 4.69) is 46.0 Å². The highest BCUT2D eigenvalue weighted by Gasteiger charge is 2.38. The van der Waals surface area contributed by atoms with Gasteiger partial charge in [-0.25, -0.2) is 13.4 Å². The number of aliphatic imine (C=N–C) groups is 1. The lowest BCUT2D eigenvalue weighted by Gasteiger charge is -2.38. The fourth-order valence-electron chi connectivity index (χ4n) is 5.69. The molecule has 1 fully saturated rings. The molecule has 0 radical (unpaired) electrons. The van der Waals surface area contributed by atoms with Gasteiger partial charge in [-0.2, -0.15) is 5.10 Å². The molecular weight excluding hydrogens is 502 g/mol. The summed E-state index contributed by atoms with van der Waals surface area (Å²) in [7, 11) is -1.90. The van der Waals surface area contributed by atoms with Gasteiger partial charge in [0.25, 0.3) is 0 Å². The lowest BCUT2D eigenvalue weighted by molar-refractivity contribution is 0.183. The second-order valence-corrected chi connectivity index (χ2v) is 13.4. The number of benzene rings is 1. The van der Waals surface area contributed by atoms with Gasteiger partial charge in [0.2, 0.25) is 20.7 Å². The van der Waals surface area contributed by atoms with Gasteiger partial charge in [-0.05, 0) is 101 Å². The van der Waals surface area contributed by atoms with Crippen LogP contribution in [0.15, 0.2) is 34.2 Å². The maximum atomic E-state index is 12.9. The Morgan fingerprint density at radius 1 is 1.26 bits per heavy atom. The van der Waals surface area contributed by atoms with Gasteiger partial charge in [0, 0.05) is 19.5 Å². The Labute approximate surface area is 225 Å². The first-order valence-corrected chi connectivity index (χ1v) is 15.0. The summed E-state index contributed by atoms with van der Waals surface area (Å²) in [5.74, 6) is 0.542. The van der Waals surface area contributed by atoms with Gasteiger partial charge in [0.05, 0.1) is 22.6 Å². The molecule has 38 heavy (non-hydrogen) atoms. The van der Waals surface area contributed by atoms with Crippen molar-refractivity contribution in [2.45, 2.75) is 81.5 Å². The summed E-state index contributed by atoms with van der Waals surface area (Å²) in [6.45, 7) is 9.57. The number of fused-ring (bicyclic) bond motifs is 1. The van der Waals surface area contributed by atoms with Gasteiger partial charge in [-0.1, -0.05) is 0 Å². The van der Waals surface area contributed by atoms with Gasteiger partial charge < -0.3 is 20.7 Å². The molecule has 1 aromatic heterocycles. The lowest BCUT2D eigenvalue weighted by atomic mass is 9.80. The molecule has 5 N–H and O–H groups in total. The van der Waals surface area contributed by atoms with Crippen LogP contribution in [0.2, 0.25) is 0 Å². The third-order valence-corrected chi connectivity index (χ3v) is 9.79. The maximum absolute atomic E-state index is 12.9. The van der Waals surface area contributed by atoms with Crippen LogP contribution < -0.4 is 26.4 Å². The number of aromatic nitrogens is 2. The summed E-state index contributed by atoms with van der Waals surface area (Å²) in [6, 6.07) is 2.11. The number of hydrogen-bond donors (Lipinski definition) is 4. The molecule has 0 saturated carbocycles. The van der Waals surface area contributed by atoms with Gasteiger partial charge in [-0.15, -0.1) is 0 Å². The SMILES string of the molecule is Cc1cc(C2(N)N=CC=C(Nc3cn(C)nc3S(=O)(=O)C(C)C)N2)c2c(c1C1CCNCC1)CCC(C)O2. The standard InChI is InChI=1S/C27H39N7O3S/c1-16(2)38(35,36)26-22(15-34(5)33-26)31-23-10-13-30-27(28,32-23)21-14-17(3)24(19-8-11-29-12-9-19)20-7-6-18(4)37-25(20)21/h10,13-16,18-19,29,31-32H,6-9,11-12,28H2,1-5H3. The molecule has 0 bridgehead atoms. The normalized spacial score (nSPS) is 24.0. The van der Waals surface area contributed by atoms with E-state index in [1.807, 2.05) is 0 Å². The number of hydrogen-bond acceptors (Lipinski definition) is 9. The molecule has 3 aliphatic heterocycles. The number of nitrogens with zero attached hydrogens (tertiary/aromatic N) is 3. The molecule has 3 aliphatic rings. The van der Waals surface area contributed by atoms with E-state index in [0.29, 0.717) is 17.4 Å². The molecule has 0 aliphatic carbocycles. The van der Waals surface area contributed by atoms with E-state index in [1.165, 1.54) is 21.4 Å². The highest BCUT2D eigenvalue weighted by Crippen LogP contribution is 2.44. The molecule has 11 heteroatoms. The number of nitrogens with two attached hydrogens (primary N) is 1. The van der Waals surface area contributed by atoms with Gasteiger partial charge >= 0.3 is 0 Å². The van der Waals surface area contributed by atoms with Crippen LogP contribution in [0.3, 0.4) is 0 Å². The highest BCUT2D eigenvalue weighted by molar-refractivity contribution is 7.92. The van der Waals surface area contributed by atoms with Gasteiger partial charge in [-0.3, -0.25) is 10.4 Å². The smallest absolute Gasteiger partial charge is 0.213 e. The summed E-state index contributed by atoms with van der Waals surface area (Å²) < 4.78 is 33.8. The molecule has 4 heterocycles. The van der Waals surface area contributed by atoms with Crippen molar-refractivity contribution < 1.29 is 13.2 Å². The third-order valence-electron chi connectivity index (χ3n) is 7.71. The Balaban J connectivity index is 1.50. The summed E-state index contributed by atoms with van der Waals surface area (Å²) in [4.78, 5) is 4.64. The van der Waals surface area contributed by atoms with Crippen LogP contribution in [0.25, 0.3) is 0 Å². The number of aryl methyl sites for hydroxylation is 2. The van der Waals surface area contributed by atoms with Crippen LogP contribution in [-0.2, 0) is 29.1 Å². The van der Waals surface area contributed by atoms with E-state index in [-0.39, 0.29) is 11.1 Å². The first-order chi connectivity index (χ1) is 18.0. The third kappa shape index (κ3) is 4.83. The number of allylic oxidation sites excluding steroid dienone is 1. The zero-order valence-electron chi connectivity index (χ0n) is 22.8. The van der Waals surface area contributed by atoms with Crippen LogP contribution in [0.1, 0.15) is 68.2 Å². The lowest BCUT2D eigenvalue weighted by Crippen LogP contribution is -2.51. The van der Waals surface area contributed by atoms with E-state index < -0.39 is 20.9 Å². The van der Waals surface area contributed by atoms with Crippen LogP contribution in [-0.4, -0.2) is 48.9 Å². The van der Waals surface area contributed by atoms with Crippen molar-refractivity contribution in [3.05, 3.63) is 46.4 Å². The molecule has 1 saturated heterocycles. The zero-order chi connectivity index (χ0) is 27.2. The molecule has 206 valence electrons. The Morgan fingerprint density at radius 3 is 2.71 bits per heavy atom. The van der Waals surface area contributed by atoms with E-state index in [9.17, 15) is 8.42 Å². The number of piperidine rings is 1. The van der Waals surface area contributed by atoms with Crippen LogP contribution in [0.5, 0.6) is 5.75 Å². The predicted molar refractivity (Wildman–Crippen MR) is 149 cm³/mol. The Hall–Kier alpha value is -2.89. The van der Waals surface area contributed by atoms with E-state index in [4.69, 9.17) is 10.5 Å². The molecule has 2 atom stereocenters. The minimum Gasteiger partial charge on any atom is -0.490 e. The highest BCUT2D eigenvalue weighted by atomic mass is 32.2. The van der Waals surface area contributed by atoms with Crippen molar-refractivity contribution in [3.8, 4) is 5.75 Å². The Morgan fingerprint density at radius 2 is 2.00 bits per heavy atom. The topological polar surface area (TPSA) is 136 Å². The maximum Gasteiger partial charge on any atom is 0.213 e. The molecule has 5 rings (SSSR count). The number of rotatable bonds is 6. The largest absolute Gasteiger partial charge is 0.490 e. The summed E-state index contributed by atoms with van der Waals surface area (Å²) in [5, 5.41) is 13.6. The van der Waals surface area contributed by atoms with Crippen LogP contribution in [0, 0.1) is 6.92 Å². The van der Waals surface area contributed by atoms with E-state index in [0.717, 1.165) is 50.1 Å². The second kappa shape index (κ2) is 10.0. The van der Waals surface area contributed by atoms with Crippen molar-refractivity contribution in [2.24, 2.45) is 17.8 Å². The van der Waals surface area contributed by atoms with Crippen molar-refractivity contribution in [1.29, 1.82) is 0 Å². The number of ether oxygens (including phenoxy) is 1. The minimum absolute atomic E-state index is 0.000426. The summed E-state index contributed by atoms with van der Waals surface area (Å²) in [5.41, 5.74) is 11.9. The summed E-state index contributed by atoms with van der Waals surface area (Å²) in [6.07, 6.45) is 9.21.